The van der Waals surface area contributed by atoms with Crippen LogP contribution in [0.3, 0.4) is 0 Å². The highest BCUT2D eigenvalue weighted by Crippen LogP contribution is 2.32. The lowest BCUT2D eigenvalue weighted by Gasteiger charge is -2.20. The summed E-state index contributed by atoms with van der Waals surface area (Å²) >= 11 is 0. The number of hydrogen-bond acceptors (Lipinski definition) is 5. The van der Waals surface area contributed by atoms with Crippen LogP contribution in [0.2, 0.25) is 0 Å². The largest absolute Gasteiger partial charge is 0.490 e. The number of alkyl halides is 1. The number of benzene rings is 3. The molecule has 3 aromatic carbocycles. The molecule has 0 radical (unpaired) electrons. The zero-order chi connectivity index (χ0) is 27.2. The third-order valence-corrected chi connectivity index (χ3v) is 6.43. The van der Waals surface area contributed by atoms with Gasteiger partial charge in [-0.3, -0.25) is 0 Å². The molecular weight excluding hydrogens is 504 g/mol. The van der Waals surface area contributed by atoms with Crippen LogP contribution in [0.1, 0.15) is 46.1 Å². The lowest BCUT2D eigenvalue weighted by Crippen LogP contribution is -2.16. The quantitative estimate of drug-likeness (QED) is 0.210. The van der Waals surface area contributed by atoms with Gasteiger partial charge in [0.1, 0.15) is 35.6 Å². The van der Waals surface area contributed by atoms with Crippen molar-refractivity contribution in [1.29, 1.82) is 0 Å². The highest BCUT2D eigenvalue weighted by atomic mass is 19.1. The molecule has 1 heterocycles. The monoisotopic (exact) mass is 531 g/mol. The molecule has 0 bridgehead atoms. The average molecular weight is 532 g/mol. The first-order valence-electron chi connectivity index (χ1n) is 12.6. The van der Waals surface area contributed by atoms with E-state index in [2.05, 4.69) is 4.98 Å². The third kappa shape index (κ3) is 6.97. The molecule has 8 heteroatoms. The summed E-state index contributed by atoms with van der Waals surface area (Å²) < 4.78 is 43.0. The maximum absolute atomic E-state index is 13.6. The number of aromatic nitrogens is 1. The Kier molecular flexibility index (Phi) is 8.13. The molecule has 5 rings (SSSR count). The van der Waals surface area contributed by atoms with E-state index in [0.29, 0.717) is 23.7 Å². The minimum absolute atomic E-state index is 0.0846. The van der Waals surface area contributed by atoms with Crippen LogP contribution in [0.4, 0.5) is 8.78 Å². The van der Waals surface area contributed by atoms with Crippen molar-refractivity contribution < 1.29 is 32.9 Å². The predicted molar refractivity (Wildman–Crippen MR) is 144 cm³/mol. The van der Waals surface area contributed by atoms with Gasteiger partial charge in [0.15, 0.2) is 0 Å². The van der Waals surface area contributed by atoms with Gasteiger partial charge in [0, 0.05) is 11.5 Å². The average Bonchev–Trinajstić information content (AvgIpc) is 3.77. The molecule has 0 unspecified atom stereocenters. The second kappa shape index (κ2) is 12.0. The number of pyridine rings is 1. The lowest BCUT2D eigenvalue weighted by atomic mass is 10.1. The Hall–Kier alpha value is -4.30. The molecule has 39 heavy (non-hydrogen) atoms. The molecule has 1 aliphatic rings. The molecule has 1 aliphatic carbocycles. The second-order valence-corrected chi connectivity index (χ2v) is 9.37. The Balaban J connectivity index is 1.34. The first-order chi connectivity index (χ1) is 19.0. The summed E-state index contributed by atoms with van der Waals surface area (Å²) in [4.78, 5) is 16.3. The first kappa shape index (κ1) is 26.3. The van der Waals surface area contributed by atoms with Crippen molar-refractivity contribution in [2.45, 2.75) is 18.9 Å². The van der Waals surface area contributed by atoms with Crippen LogP contribution < -0.4 is 9.47 Å². The smallest absolute Gasteiger partial charge is 0.339 e. The molecule has 1 saturated carbocycles. The number of carboxylic acids is 1. The van der Waals surface area contributed by atoms with Gasteiger partial charge >= 0.3 is 5.97 Å². The highest BCUT2D eigenvalue weighted by molar-refractivity contribution is 5.91. The molecule has 0 amide bonds. The van der Waals surface area contributed by atoms with Gasteiger partial charge in [0.05, 0.1) is 17.8 Å². The van der Waals surface area contributed by atoms with Crippen molar-refractivity contribution >= 4 is 29.0 Å². The second-order valence-electron chi connectivity index (χ2n) is 9.37. The van der Waals surface area contributed by atoms with E-state index in [-0.39, 0.29) is 29.5 Å². The predicted octanol–water partition coefficient (Wildman–Crippen LogP) is 7.10. The number of nitrogens with zero attached hydrogens (tertiary/aromatic N) is 1. The van der Waals surface area contributed by atoms with E-state index in [9.17, 15) is 18.7 Å². The van der Waals surface area contributed by atoms with Crippen LogP contribution in [-0.4, -0.2) is 36.1 Å². The van der Waals surface area contributed by atoms with Gasteiger partial charge in [-0.25, -0.2) is 18.6 Å². The minimum Gasteiger partial charge on any atom is -0.490 e. The van der Waals surface area contributed by atoms with Crippen molar-refractivity contribution in [3.8, 4) is 11.5 Å². The molecule has 1 aromatic heterocycles. The topological polar surface area (TPSA) is 77.9 Å². The zero-order valence-electron chi connectivity index (χ0n) is 21.1. The normalized spacial score (nSPS) is 14.0. The first-order valence-corrected chi connectivity index (χ1v) is 12.6. The van der Waals surface area contributed by atoms with Crippen molar-refractivity contribution in [3.05, 3.63) is 101 Å². The number of carboxylic acid groups (broad SMARTS) is 1. The fourth-order valence-corrected chi connectivity index (χ4v) is 4.14. The SMILES string of the molecule is O=C(O)c1cc(OCF)ccc1OC[C@@H](OCC1CC1)c1cccc(/C=C/c2ccc3ccc(F)cc3n2)c1. The fourth-order valence-electron chi connectivity index (χ4n) is 4.14. The molecule has 0 spiro atoms. The van der Waals surface area contributed by atoms with Gasteiger partial charge in [-0.2, -0.15) is 0 Å². The standard InChI is InChI=1S/C31H27F2NO5/c32-19-39-26-12-13-29(27(16-26)31(35)36)38-18-30(37-17-21-4-5-21)23-3-1-2-20(14-23)6-10-25-11-8-22-7-9-24(33)15-28(22)34-25/h1-3,6-16,21,30H,4-5,17-19H2,(H,35,36)/b10-6+/t30-/m1/s1. The van der Waals surface area contributed by atoms with Gasteiger partial charge in [0.25, 0.3) is 0 Å². The number of ether oxygens (including phenoxy) is 3. The summed E-state index contributed by atoms with van der Waals surface area (Å²) in [6, 6.07) is 20.2. The van der Waals surface area contributed by atoms with E-state index in [0.717, 1.165) is 29.4 Å². The van der Waals surface area contributed by atoms with Crippen LogP contribution in [0.15, 0.2) is 72.8 Å². The van der Waals surface area contributed by atoms with Crippen LogP contribution in [0.25, 0.3) is 23.1 Å². The van der Waals surface area contributed by atoms with E-state index >= 15 is 0 Å². The summed E-state index contributed by atoms with van der Waals surface area (Å²) in [5, 5.41) is 10.5. The minimum atomic E-state index is -1.21. The molecule has 1 N–H and O–H groups in total. The maximum atomic E-state index is 13.6. The third-order valence-electron chi connectivity index (χ3n) is 6.43. The van der Waals surface area contributed by atoms with Crippen molar-refractivity contribution in [1.82, 2.24) is 4.98 Å². The number of rotatable bonds is 12. The molecule has 1 fully saturated rings. The number of carbonyl (C=O) groups is 1. The van der Waals surface area contributed by atoms with E-state index in [4.69, 9.17) is 14.2 Å². The van der Waals surface area contributed by atoms with E-state index in [1.54, 1.807) is 6.07 Å². The summed E-state index contributed by atoms with van der Waals surface area (Å²) in [5.41, 5.74) is 2.95. The lowest BCUT2D eigenvalue weighted by molar-refractivity contribution is 0.0128. The van der Waals surface area contributed by atoms with Gasteiger partial charge in [0.2, 0.25) is 6.86 Å². The van der Waals surface area contributed by atoms with Crippen molar-refractivity contribution in [3.63, 3.8) is 0 Å². The van der Waals surface area contributed by atoms with Gasteiger partial charge < -0.3 is 19.3 Å². The van der Waals surface area contributed by atoms with Gasteiger partial charge in [-0.1, -0.05) is 30.3 Å². The molecule has 4 aromatic rings. The van der Waals surface area contributed by atoms with Crippen molar-refractivity contribution in [2.24, 2.45) is 5.92 Å². The molecule has 1 atom stereocenters. The van der Waals surface area contributed by atoms with Gasteiger partial charge in [-0.05, 0) is 78.4 Å². The fraction of sp³-hybridized carbons (Fsp3) is 0.226. The molecule has 6 nitrogen and oxygen atoms in total. The van der Waals surface area contributed by atoms with E-state index < -0.39 is 18.9 Å². The van der Waals surface area contributed by atoms with Crippen LogP contribution >= 0.6 is 0 Å². The van der Waals surface area contributed by atoms with Crippen LogP contribution in [-0.2, 0) is 4.74 Å². The molecule has 0 saturated heterocycles. The number of halogens is 2. The van der Waals surface area contributed by atoms with Gasteiger partial charge in [-0.15, -0.1) is 0 Å². The number of hydrogen-bond donors (Lipinski definition) is 1. The molecule has 0 aliphatic heterocycles. The zero-order valence-corrected chi connectivity index (χ0v) is 21.1. The number of aromatic carboxylic acids is 1. The van der Waals surface area contributed by atoms with E-state index in [1.807, 2.05) is 48.6 Å². The summed E-state index contributed by atoms with van der Waals surface area (Å²) in [6.07, 6.45) is 5.59. The summed E-state index contributed by atoms with van der Waals surface area (Å²) in [5.74, 6) is -0.770. The van der Waals surface area contributed by atoms with Crippen LogP contribution in [0.5, 0.6) is 11.5 Å². The Morgan fingerprint density at radius 2 is 1.87 bits per heavy atom. The summed E-state index contributed by atoms with van der Waals surface area (Å²) in [7, 11) is 0. The number of fused-ring (bicyclic) bond motifs is 1. The Bertz CT molecular complexity index is 1500. The Morgan fingerprint density at radius 1 is 1.03 bits per heavy atom. The Morgan fingerprint density at radius 3 is 2.67 bits per heavy atom. The molecular formula is C31H27F2NO5. The highest BCUT2D eigenvalue weighted by Gasteiger charge is 2.25. The van der Waals surface area contributed by atoms with E-state index in [1.165, 1.54) is 30.3 Å². The van der Waals surface area contributed by atoms with Crippen molar-refractivity contribution in [2.75, 3.05) is 20.1 Å². The molecule has 200 valence electrons. The Labute approximate surface area is 224 Å². The summed E-state index contributed by atoms with van der Waals surface area (Å²) in [6.45, 7) is -0.390. The van der Waals surface area contributed by atoms with Crippen LogP contribution in [0, 0.1) is 11.7 Å². The maximum Gasteiger partial charge on any atom is 0.339 e.